The molecule has 1 N–H and O–H groups in total. The molecule has 2 saturated heterocycles. The van der Waals surface area contributed by atoms with Crippen molar-refractivity contribution < 1.29 is 9.47 Å². The van der Waals surface area contributed by atoms with Crippen LogP contribution in [-0.4, -0.2) is 38.5 Å². The van der Waals surface area contributed by atoms with Crippen molar-refractivity contribution in [3.05, 3.63) is 0 Å². The Morgan fingerprint density at radius 1 is 0.950 bits per heavy atom. The lowest BCUT2D eigenvalue weighted by atomic mass is 9.70. The predicted octanol–water partition coefficient (Wildman–Crippen LogP) is 2.74. The molecule has 0 radical (unpaired) electrons. The molecule has 2 saturated carbocycles. The summed E-state index contributed by atoms with van der Waals surface area (Å²) < 4.78 is 11.8. The van der Waals surface area contributed by atoms with Crippen LogP contribution in [0.15, 0.2) is 0 Å². The van der Waals surface area contributed by atoms with Crippen molar-refractivity contribution in [2.75, 3.05) is 26.4 Å². The molecule has 2 aliphatic carbocycles. The zero-order valence-corrected chi connectivity index (χ0v) is 12.6. The summed E-state index contributed by atoms with van der Waals surface area (Å²) in [6, 6.07) is 0.821. The fraction of sp³-hybridized carbons (Fsp3) is 1.00. The molecule has 4 rings (SSSR count). The molecule has 0 spiro atoms. The molecule has 3 nitrogen and oxygen atoms in total. The molecular formula is C17H29NO2. The molecule has 2 aliphatic heterocycles. The molecule has 0 amide bonds. The Hall–Kier alpha value is -0.120. The molecule has 0 bridgehead atoms. The summed E-state index contributed by atoms with van der Waals surface area (Å²) in [6.07, 6.45) is 11.3. The van der Waals surface area contributed by atoms with E-state index in [4.69, 9.17) is 9.47 Å². The summed E-state index contributed by atoms with van der Waals surface area (Å²) in [6.45, 7) is 4.16. The Morgan fingerprint density at radius 2 is 1.75 bits per heavy atom. The lowest BCUT2D eigenvalue weighted by molar-refractivity contribution is -0.000716. The van der Waals surface area contributed by atoms with E-state index in [9.17, 15) is 0 Å². The number of ether oxygens (including phenoxy) is 2. The van der Waals surface area contributed by atoms with E-state index in [1.807, 2.05) is 0 Å². The molecule has 4 aliphatic rings. The van der Waals surface area contributed by atoms with E-state index in [-0.39, 0.29) is 0 Å². The second-order valence-electron chi connectivity index (χ2n) is 7.66. The average molecular weight is 279 g/mol. The largest absolute Gasteiger partial charge is 0.381 e. The average Bonchev–Trinajstić information content (AvgIpc) is 3.39. The van der Waals surface area contributed by atoms with Crippen molar-refractivity contribution in [1.29, 1.82) is 0 Å². The van der Waals surface area contributed by atoms with E-state index in [1.54, 1.807) is 0 Å². The number of rotatable bonds is 6. The minimum absolute atomic E-state index is 0.436. The van der Waals surface area contributed by atoms with Gasteiger partial charge in [0.1, 0.15) is 0 Å². The Morgan fingerprint density at radius 3 is 2.45 bits per heavy atom. The molecule has 2 unspecified atom stereocenters. The zero-order chi connectivity index (χ0) is 13.4. The van der Waals surface area contributed by atoms with Crippen LogP contribution in [0.4, 0.5) is 0 Å². The molecular weight excluding hydrogens is 250 g/mol. The fourth-order valence-electron chi connectivity index (χ4n) is 4.38. The molecule has 114 valence electrons. The maximum Gasteiger partial charge on any atom is 0.0672 e. The van der Waals surface area contributed by atoms with Crippen molar-refractivity contribution in [2.45, 2.75) is 63.5 Å². The van der Waals surface area contributed by atoms with E-state index < -0.39 is 0 Å². The summed E-state index contributed by atoms with van der Waals surface area (Å²) in [5.41, 5.74) is 0.436. The molecule has 2 heterocycles. The summed E-state index contributed by atoms with van der Waals surface area (Å²) in [4.78, 5) is 0. The van der Waals surface area contributed by atoms with Gasteiger partial charge in [0.2, 0.25) is 0 Å². The Kier molecular flexibility index (Phi) is 3.78. The van der Waals surface area contributed by atoms with Gasteiger partial charge in [0.25, 0.3) is 0 Å². The van der Waals surface area contributed by atoms with E-state index in [1.165, 1.54) is 57.9 Å². The molecule has 4 fully saturated rings. The molecule has 2 atom stereocenters. The van der Waals surface area contributed by atoms with Gasteiger partial charge in [-0.2, -0.15) is 0 Å². The molecule has 0 aromatic carbocycles. The third kappa shape index (κ3) is 2.90. The van der Waals surface area contributed by atoms with Crippen molar-refractivity contribution in [2.24, 2.45) is 17.3 Å². The van der Waals surface area contributed by atoms with Gasteiger partial charge >= 0.3 is 0 Å². The van der Waals surface area contributed by atoms with Crippen LogP contribution in [0.2, 0.25) is 0 Å². The summed E-state index contributed by atoms with van der Waals surface area (Å²) >= 11 is 0. The van der Waals surface area contributed by atoms with Gasteiger partial charge in [-0.3, -0.25) is 0 Å². The minimum Gasteiger partial charge on any atom is -0.381 e. The van der Waals surface area contributed by atoms with Crippen LogP contribution in [0.1, 0.15) is 51.4 Å². The normalized spacial score (nSPS) is 39.3. The highest BCUT2D eigenvalue weighted by Crippen LogP contribution is 2.51. The highest BCUT2D eigenvalue weighted by Gasteiger charge is 2.51. The van der Waals surface area contributed by atoms with Gasteiger partial charge in [0, 0.05) is 37.8 Å². The maximum atomic E-state index is 6.22. The highest BCUT2D eigenvalue weighted by atomic mass is 16.5. The first kappa shape index (κ1) is 13.5. The van der Waals surface area contributed by atoms with Gasteiger partial charge in [-0.15, -0.1) is 0 Å². The van der Waals surface area contributed by atoms with Crippen LogP contribution in [0, 0.1) is 17.3 Å². The second-order valence-corrected chi connectivity index (χ2v) is 7.66. The first-order valence-corrected chi connectivity index (χ1v) is 8.78. The van der Waals surface area contributed by atoms with E-state index in [0.29, 0.717) is 11.5 Å². The predicted molar refractivity (Wildman–Crippen MR) is 78.7 cm³/mol. The number of hydrogen-bond acceptors (Lipinski definition) is 3. The zero-order valence-electron chi connectivity index (χ0n) is 12.6. The van der Waals surface area contributed by atoms with Gasteiger partial charge in [-0.05, 0) is 63.2 Å². The lowest BCUT2D eigenvalue weighted by Crippen LogP contribution is -2.44. The maximum absolute atomic E-state index is 6.22. The number of nitrogens with one attached hydrogen (secondary N) is 1. The Balaban J connectivity index is 1.45. The molecule has 0 aromatic heterocycles. The van der Waals surface area contributed by atoms with E-state index in [2.05, 4.69) is 5.32 Å². The fourth-order valence-corrected chi connectivity index (χ4v) is 4.38. The van der Waals surface area contributed by atoms with Crippen LogP contribution in [0.5, 0.6) is 0 Å². The quantitative estimate of drug-likeness (QED) is 0.811. The van der Waals surface area contributed by atoms with Crippen molar-refractivity contribution in [1.82, 2.24) is 5.32 Å². The molecule has 0 aromatic rings. The van der Waals surface area contributed by atoms with Crippen molar-refractivity contribution in [3.8, 4) is 0 Å². The SMILES string of the molecule is C1CC(CC2(CNC3CC3)CCOC2C2CC2)CCO1. The van der Waals surface area contributed by atoms with Crippen LogP contribution in [-0.2, 0) is 9.47 Å². The van der Waals surface area contributed by atoms with Crippen LogP contribution < -0.4 is 5.32 Å². The van der Waals surface area contributed by atoms with Gasteiger partial charge in [0.05, 0.1) is 6.10 Å². The Bertz CT molecular complexity index is 334. The highest BCUT2D eigenvalue weighted by molar-refractivity contribution is 5.02. The standard InChI is InChI=1S/C17H29NO2/c1-2-14(1)16-17(7-10-20-16,12-18-15-3-4-15)11-13-5-8-19-9-6-13/h13-16,18H,1-12H2. The van der Waals surface area contributed by atoms with Crippen LogP contribution in [0.25, 0.3) is 0 Å². The lowest BCUT2D eigenvalue weighted by Gasteiger charge is -2.39. The first-order valence-electron chi connectivity index (χ1n) is 8.78. The van der Waals surface area contributed by atoms with Crippen LogP contribution >= 0.6 is 0 Å². The summed E-state index contributed by atoms with van der Waals surface area (Å²) in [7, 11) is 0. The smallest absolute Gasteiger partial charge is 0.0672 e. The summed E-state index contributed by atoms with van der Waals surface area (Å²) in [5.74, 6) is 1.74. The van der Waals surface area contributed by atoms with E-state index in [0.717, 1.165) is 37.7 Å². The summed E-state index contributed by atoms with van der Waals surface area (Å²) in [5, 5.41) is 3.83. The third-order valence-corrected chi connectivity index (χ3v) is 5.91. The van der Waals surface area contributed by atoms with Crippen molar-refractivity contribution in [3.63, 3.8) is 0 Å². The monoisotopic (exact) mass is 279 g/mol. The topological polar surface area (TPSA) is 30.5 Å². The van der Waals surface area contributed by atoms with Crippen molar-refractivity contribution >= 4 is 0 Å². The van der Waals surface area contributed by atoms with Gasteiger partial charge < -0.3 is 14.8 Å². The molecule has 20 heavy (non-hydrogen) atoms. The van der Waals surface area contributed by atoms with Crippen LogP contribution in [0.3, 0.4) is 0 Å². The first-order chi connectivity index (χ1) is 9.86. The number of hydrogen-bond donors (Lipinski definition) is 1. The van der Waals surface area contributed by atoms with E-state index >= 15 is 0 Å². The Labute approximate surface area is 122 Å². The van der Waals surface area contributed by atoms with Gasteiger partial charge in [-0.1, -0.05) is 0 Å². The van der Waals surface area contributed by atoms with Gasteiger partial charge in [0.15, 0.2) is 0 Å². The third-order valence-electron chi connectivity index (χ3n) is 5.91. The minimum atomic E-state index is 0.436. The second kappa shape index (κ2) is 5.58. The van der Waals surface area contributed by atoms with Gasteiger partial charge in [-0.25, -0.2) is 0 Å². The molecule has 3 heteroatoms.